The van der Waals surface area contributed by atoms with Crippen molar-refractivity contribution in [3.05, 3.63) is 23.8 Å². The molecule has 1 atom stereocenters. The van der Waals surface area contributed by atoms with E-state index in [4.69, 9.17) is 11.0 Å². The lowest BCUT2D eigenvalue weighted by Crippen LogP contribution is -2.39. The van der Waals surface area contributed by atoms with Crippen LogP contribution in [-0.4, -0.2) is 13.1 Å². The van der Waals surface area contributed by atoms with Crippen molar-refractivity contribution in [2.24, 2.45) is 5.41 Å². The van der Waals surface area contributed by atoms with Gasteiger partial charge in [-0.05, 0) is 30.5 Å². The predicted octanol–water partition coefficient (Wildman–Crippen LogP) is 3.01. The van der Waals surface area contributed by atoms with Gasteiger partial charge in [0.1, 0.15) is 6.07 Å². The maximum absolute atomic E-state index is 8.97. The van der Waals surface area contributed by atoms with Crippen molar-refractivity contribution < 1.29 is 0 Å². The molecule has 0 radical (unpaired) electrons. The Hall–Kier alpha value is -1.69. The minimum absolute atomic E-state index is 0.183. The molecule has 0 aliphatic carbocycles. The molecule has 1 rings (SSSR count). The fourth-order valence-corrected chi connectivity index (χ4v) is 1.67. The van der Waals surface area contributed by atoms with Gasteiger partial charge in [0.05, 0.1) is 5.56 Å². The van der Waals surface area contributed by atoms with Crippen LogP contribution in [0.4, 0.5) is 11.4 Å². The first-order chi connectivity index (χ1) is 7.77. The van der Waals surface area contributed by atoms with Gasteiger partial charge in [-0.3, -0.25) is 0 Å². The third-order valence-electron chi connectivity index (χ3n) is 3.40. The first-order valence-corrected chi connectivity index (χ1v) is 5.80. The number of nitrogens with zero attached hydrogens (tertiary/aromatic N) is 2. The molecule has 0 spiro atoms. The number of hydrogen-bond donors (Lipinski definition) is 1. The molecule has 0 aliphatic rings. The average Bonchev–Trinajstić information content (AvgIpc) is 2.26. The molecule has 92 valence electrons. The van der Waals surface area contributed by atoms with E-state index in [1.165, 1.54) is 0 Å². The Bertz CT molecular complexity index is 438. The zero-order valence-corrected chi connectivity index (χ0v) is 11.3. The summed E-state index contributed by atoms with van der Waals surface area (Å²) in [5.74, 6) is 0. The summed E-state index contributed by atoms with van der Waals surface area (Å²) in [5.41, 5.74) is 8.00. The molecule has 1 unspecified atom stereocenters. The van der Waals surface area contributed by atoms with Gasteiger partial charge in [0.25, 0.3) is 0 Å². The molecule has 17 heavy (non-hydrogen) atoms. The molecule has 0 amide bonds. The van der Waals surface area contributed by atoms with E-state index in [1.54, 1.807) is 6.07 Å². The van der Waals surface area contributed by atoms with Crippen LogP contribution in [-0.2, 0) is 0 Å². The normalized spacial score (nSPS) is 12.9. The monoisotopic (exact) mass is 231 g/mol. The molecule has 0 fully saturated rings. The second-order valence-corrected chi connectivity index (χ2v) is 5.54. The van der Waals surface area contributed by atoms with Gasteiger partial charge in [-0.1, -0.05) is 20.8 Å². The Morgan fingerprint density at radius 2 is 1.94 bits per heavy atom. The van der Waals surface area contributed by atoms with Crippen LogP contribution in [0.15, 0.2) is 18.2 Å². The second-order valence-electron chi connectivity index (χ2n) is 5.54. The third kappa shape index (κ3) is 2.91. The van der Waals surface area contributed by atoms with Crippen molar-refractivity contribution in [2.45, 2.75) is 33.7 Å². The maximum Gasteiger partial charge on any atom is 0.101 e. The smallest absolute Gasteiger partial charge is 0.101 e. The van der Waals surface area contributed by atoms with Crippen molar-refractivity contribution >= 4 is 11.4 Å². The van der Waals surface area contributed by atoms with Gasteiger partial charge in [-0.25, -0.2) is 0 Å². The Balaban J connectivity index is 3.06. The van der Waals surface area contributed by atoms with E-state index >= 15 is 0 Å². The molecule has 3 nitrogen and oxygen atoms in total. The molecule has 0 saturated carbocycles. The summed E-state index contributed by atoms with van der Waals surface area (Å²) in [7, 11) is 2.04. The highest BCUT2D eigenvalue weighted by molar-refractivity contribution is 5.62. The van der Waals surface area contributed by atoms with Gasteiger partial charge in [-0.15, -0.1) is 0 Å². The van der Waals surface area contributed by atoms with Crippen LogP contribution in [0.5, 0.6) is 0 Å². The van der Waals surface area contributed by atoms with Crippen LogP contribution in [0.2, 0.25) is 0 Å². The van der Waals surface area contributed by atoms with Gasteiger partial charge in [-0.2, -0.15) is 5.26 Å². The zero-order valence-electron chi connectivity index (χ0n) is 11.3. The average molecular weight is 231 g/mol. The Kier molecular flexibility index (Phi) is 3.67. The quantitative estimate of drug-likeness (QED) is 0.796. The first kappa shape index (κ1) is 13.4. The molecule has 1 aromatic carbocycles. The fourth-order valence-electron chi connectivity index (χ4n) is 1.67. The maximum atomic E-state index is 8.97. The van der Waals surface area contributed by atoms with Crippen molar-refractivity contribution in [1.82, 2.24) is 0 Å². The number of nitrogens with two attached hydrogens (primary N) is 1. The highest BCUT2D eigenvalue weighted by atomic mass is 15.1. The summed E-state index contributed by atoms with van der Waals surface area (Å²) in [6.45, 7) is 8.80. The van der Waals surface area contributed by atoms with Crippen molar-refractivity contribution in [3.63, 3.8) is 0 Å². The molecule has 2 N–H and O–H groups in total. The lowest BCUT2D eigenvalue weighted by atomic mass is 9.87. The van der Waals surface area contributed by atoms with Gasteiger partial charge < -0.3 is 10.6 Å². The molecule has 1 aromatic rings. The standard InChI is InChI=1S/C14H21N3/c1-10(14(2,3)4)17(5)12-6-7-13(16)11(8-12)9-15/h6-8,10H,16H2,1-5H3. The number of nitrogen functional groups attached to an aromatic ring is 1. The predicted molar refractivity (Wildman–Crippen MR) is 72.9 cm³/mol. The van der Waals surface area contributed by atoms with Crippen LogP contribution >= 0.6 is 0 Å². The van der Waals surface area contributed by atoms with Crippen LogP contribution < -0.4 is 10.6 Å². The molecule has 0 heterocycles. The van der Waals surface area contributed by atoms with E-state index in [0.29, 0.717) is 17.3 Å². The summed E-state index contributed by atoms with van der Waals surface area (Å²) in [6, 6.07) is 8.08. The van der Waals surface area contributed by atoms with Gasteiger partial charge in [0.2, 0.25) is 0 Å². The summed E-state index contributed by atoms with van der Waals surface area (Å²) >= 11 is 0. The van der Waals surface area contributed by atoms with Crippen molar-refractivity contribution in [1.29, 1.82) is 5.26 Å². The topological polar surface area (TPSA) is 53.0 Å². The molecule has 0 aromatic heterocycles. The largest absolute Gasteiger partial charge is 0.398 e. The summed E-state index contributed by atoms with van der Waals surface area (Å²) in [6.07, 6.45) is 0. The van der Waals surface area contributed by atoms with E-state index in [0.717, 1.165) is 5.69 Å². The third-order valence-corrected chi connectivity index (χ3v) is 3.40. The van der Waals surface area contributed by atoms with Crippen LogP contribution in [0, 0.1) is 16.7 Å². The van der Waals surface area contributed by atoms with Crippen molar-refractivity contribution in [2.75, 3.05) is 17.7 Å². The fraction of sp³-hybridized carbons (Fsp3) is 0.500. The summed E-state index contributed by atoms with van der Waals surface area (Å²) < 4.78 is 0. The number of benzene rings is 1. The van der Waals surface area contributed by atoms with Crippen molar-refractivity contribution in [3.8, 4) is 6.07 Å². The van der Waals surface area contributed by atoms with Gasteiger partial charge >= 0.3 is 0 Å². The summed E-state index contributed by atoms with van der Waals surface area (Å²) in [5, 5.41) is 8.97. The number of hydrogen-bond acceptors (Lipinski definition) is 3. The lowest BCUT2D eigenvalue weighted by Gasteiger charge is -2.37. The minimum atomic E-state index is 0.183. The van der Waals surface area contributed by atoms with E-state index in [9.17, 15) is 0 Å². The molecule has 0 bridgehead atoms. The molecule has 3 heteroatoms. The Morgan fingerprint density at radius 1 is 1.35 bits per heavy atom. The van der Waals surface area contributed by atoms with Crippen LogP contribution in [0.3, 0.4) is 0 Å². The van der Waals surface area contributed by atoms with Gasteiger partial charge in [0.15, 0.2) is 0 Å². The first-order valence-electron chi connectivity index (χ1n) is 5.80. The zero-order chi connectivity index (χ0) is 13.2. The van der Waals surface area contributed by atoms with Gasteiger partial charge in [0, 0.05) is 24.5 Å². The second kappa shape index (κ2) is 4.67. The highest BCUT2D eigenvalue weighted by Crippen LogP contribution is 2.28. The Morgan fingerprint density at radius 3 is 2.41 bits per heavy atom. The SMILES string of the molecule is CC(N(C)c1ccc(N)c(C#N)c1)C(C)(C)C. The number of anilines is 2. The van der Waals surface area contributed by atoms with Crippen LogP contribution in [0.25, 0.3) is 0 Å². The number of nitriles is 1. The molecular formula is C14H21N3. The lowest BCUT2D eigenvalue weighted by molar-refractivity contribution is 0.330. The summed E-state index contributed by atoms with van der Waals surface area (Å²) in [4.78, 5) is 2.18. The minimum Gasteiger partial charge on any atom is -0.398 e. The van der Waals surface area contributed by atoms with E-state index < -0.39 is 0 Å². The van der Waals surface area contributed by atoms with E-state index in [1.807, 2.05) is 19.2 Å². The van der Waals surface area contributed by atoms with E-state index in [2.05, 4.69) is 38.7 Å². The highest BCUT2D eigenvalue weighted by Gasteiger charge is 2.24. The molecular weight excluding hydrogens is 210 g/mol. The van der Waals surface area contributed by atoms with Crippen LogP contribution in [0.1, 0.15) is 33.3 Å². The van der Waals surface area contributed by atoms with E-state index in [-0.39, 0.29) is 5.41 Å². The number of rotatable bonds is 2. The molecule has 0 saturated heterocycles. The molecule has 0 aliphatic heterocycles. The Labute approximate surface area is 104 Å².